The summed E-state index contributed by atoms with van der Waals surface area (Å²) in [4.78, 5) is 38.8. The molecule has 0 radical (unpaired) electrons. The summed E-state index contributed by atoms with van der Waals surface area (Å²) in [5.74, 6) is -1.16. The van der Waals surface area contributed by atoms with Crippen molar-refractivity contribution in [1.82, 2.24) is 10.2 Å². The molecule has 23 heavy (non-hydrogen) atoms. The summed E-state index contributed by atoms with van der Waals surface area (Å²) in [6.45, 7) is 3.72. The van der Waals surface area contributed by atoms with Gasteiger partial charge >= 0.3 is 6.03 Å². The first-order valence-electron chi connectivity index (χ1n) is 7.65. The van der Waals surface area contributed by atoms with Gasteiger partial charge in [0.25, 0.3) is 5.91 Å². The number of nitrogens with one attached hydrogen (secondary N) is 1. The van der Waals surface area contributed by atoms with Crippen LogP contribution in [0.5, 0.6) is 0 Å². The number of anilines is 1. The van der Waals surface area contributed by atoms with E-state index in [9.17, 15) is 18.8 Å². The molecule has 2 rings (SSSR count). The van der Waals surface area contributed by atoms with Crippen LogP contribution in [0.3, 0.4) is 0 Å². The number of hydrogen-bond donors (Lipinski definition) is 1. The summed E-state index contributed by atoms with van der Waals surface area (Å²) in [5, 5.41) is 2.58. The van der Waals surface area contributed by atoms with Crippen molar-refractivity contribution in [2.24, 2.45) is 0 Å². The minimum atomic E-state index is -0.554. The van der Waals surface area contributed by atoms with E-state index in [1.807, 2.05) is 6.92 Å². The Balaban J connectivity index is 2.09. The third-order valence-electron chi connectivity index (χ3n) is 3.73. The van der Waals surface area contributed by atoms with E-state index in [1.54, 1.807) is 6.92 Å². The molecule has 0 saturated carbocycles. The minimum Gasteiger partial charge on any atom is -0.326 e. The average Bonchev–Trinajstić information content (AvgIpc) is 2.78. The molecule has 0 unspecified atom stereocenters. The van der Waals surface area contributed by atoms with Crippen LogP contribution < -0.4 is 10.2 Å². The zero-order valence-electron chi connectivity index (χ0n) is 13.2. The fraction of sp³-hybridized carbons (Fsp3) is 0.438. The van der Waals surface area contributed by atoms with Gasteiger partial charge in [0.15, 0.2) is 0 Å². The lowest BCUT2D eigenvalue weighted by Crippen LogP contribution is -2.43. The quantitative estimate of drug-likeness (QED) is 0.814. The molecule has 1 aromatic rings. The van der Waals surface area contributed by atoms with Crippen LogP contribution in [0.1, 0.15) is 26.7 Å². The Kier molecular flexibility index (Phi) is 5.31. The van der Waals surface area contributed by atoms with Gasteiger partial charge in [0, 0.05) is 12.2 Å². The lowest BCUT2D eigenvalue weighted by molar-refractivity contribution is -0.131. The summed E-state index contributed by atoms with van der Waals surface area (Å²) < 4.78 is 13.0. The van der Waals surface area contributed by atoms with E-state index in [0.29, 0.717) is 18.7 Å². The van der Waals surface area contributed by atoms with Crippen LogP contribution in [0.4, 0.5) is 14.9 Å². The number of amides is 4. The highest BCUT2D eigenvalue weighted by Crippen LogP contribution is 2.17. The van der Waals surface area contributed by atoms with Crippen LogP contribution >= 0.6 is 0 Å². The Bertz CT molecular complexity index is 603. The van der Waals surface area contributed by atoms with Gasteiger partial charge in [0.2, 0.25) is 5.91 Å². The molecule has 1 atom stereocenters. The first-order valence-corrected chi connectivity index (χ1v) is 7.65. The van der Waals surface area contributed by atoms with Crippen LogP contribution in [0.25, 0.3) is 0 Å². The summed E-state index contributed by atoms with van der Waals surface area (Å²) in [6, 6.07) is 4.40. The highest BCUT2D eigenvalue weighted by molar-refractivity contribution is 6.08. The van der Waals surface area contributed by atoms with Gasteiger partial charge in [-0.25, -0.2) is 9.18 Å². The smallest absolute Gasteiger partial charge is 0.325 e. The van der Waals surface area contributed by atoms with Gasteiger partial charge in [0.1, 0.15) is 18.4 Å². The molecule has 0 aliphatic carbocycles. The first kappa shape index (κ1) is 16.9. The Hall–Kier alpha value is -2.44. The van der Waals surface area contributed by atoms with E-state index in [0.717, 1.165) is 11.3 Å². The number of halogens is 1. The largest absolute Gasteiger partial charge is 0.326 e. The van der Waals surface area contributed by atoms with Gasteiger partial charge in [-0.15, -0.1) is 0 Å². The van der Waals surface area contributed by atoms with Gasteiger partial charge in [-0.2, -0.15) is 0 Å². The number of likely N-dealkylation sites (N-methyl/N-ethyl adjacent to an activating group) is 1. The normalized spacial score (nSPS) is 17.3. The van der Waals surface area contributed by atoms with Crippen LogP contribution in [0.15, 0.2) is 24.3 Å². The Morgan fingerprint density at radius 3 is 2.48 bits per heavy atom. The van der Waals surface area contributed by atoms with Gasteiger partial charge in [0.05, 0.1) is 0 Å². The van der Waals surface area contributed by atoms with Crippen molar-refractivity contribution in [1.29, 1.82) is 0 Å². The fourth-order valence-electron chi connectivity index (χ4n) is 2.56. The maximum atomic E-state index is 13.0. The summed E-state index contributed by atoms with van der Waals surface area (Å²) in [6.07, 6.45) is 1.31. The molecule has 0 spiro atoms. The van der Waals surface area contributed by atoms with E-state index in [4.69, 9.17) is 0 Å². The van der Waals surface area contributed by atoms with E-state index in [-0.39, 0.29) is 18.4 Å². The van der Waals surface area contributed by atoms with E-state index in [2.05, 4.69) is 5.32 Å². The van der Waals surface area contributed by atoms with E-state index < -0.39 is 17.9 Å². The van der Waals surface area contributed by atoms with Gasteiger partial charge in [-0.05, 0) is 37.6 Å². The molecule has 1 fully saturated rings. The highest BCUT2D eigenvalue weighted by atomic mass is 19.1. The van der Waals surface area contributed by atoms with E-state index >= 15 is 0 Å². The molecular formula is C16H20FN3O3. The van der Waals surface area contributed by atoms with E-state index in [1.165, 1.54) is 29.2 Å². The zero-order valence-corrected chi connectivity index (χ0v) is 13.2. The van der Waals surface area contributed by atoms with Crippen molar-refractivity contribution in [3.05, 3.63) is 30.1 Å². The number of hydrogen-bond acceptors (Lipinski definition) is 3. The lowest BCUT2D eigenvalue weighted by atomic mass is 10.2. The van der Waals surface area contributed by atoms with Crippen molar-refractivity contribution in [3.63, 3.8) is 0 Å². The maximum Gasteiger partial charge on any atom is 0.325 e. The summed E-state index contributed by atoms with van der Waals surface area (Å²) >= 11 is 0. The monoisotopic (exact) mass is 321 g/mol. The van der Waals surface area contributed by atoms with Crippen molar-refractivity contribution in [2.75, 3.05) is 18.0 Å². The summed E-state index contributed by atoms with van der Waals surface area (Å²) in [5.41, 5.74) is 0.524. The van der Waals surface area contributed by atoms with Crippen LogP contribution in [-0.2, 0) is 9.59 Å². The third-order valence-corrected chi connectivity index (χ3v) is 3.73. The second-order valence-electron chi connectivity index (χ2n) is 5.33. The minimum absolute atomic E-state index is 0.323. The summed E-state index contributed by atoms with van der Waals surface area (Å²) in [7, 11) is 0. The van der Waals surface area contributed by atoms with Crippen LogP contribution in [-0.4, -0.2) is 41.9 Å². The lowest BCUT2D eigenvalue weighted by Gasteiger charge is -2.23. The second-order valence-corrected chi connectivity index (χ2v) is 5.33. The van der Waals surface area contributed by atoms with Gasteiger partial charge in [-0.1, -0.05) is 13.3 Å². The van der Waals surface area contributed by atoms with Crippen molar-refractivity contribution < 1.29 is 18.8 Å². The fourth-order valence-corrected chi connectivity index (χ4v) is 2.56. The number of nitrogens with zero attached hydrogens (tertiary/aromatic N) is 2. The Labute approximate surface area is 134 Å². The maximum absolute atomic E-state index is 13.0. The van der Waals surface area contributed by atoms with Crippen molar-refractivity contribution >= 4 is 23.5 Å². The molecule has 6 nitrogen and oxygen atoms in total. The van der Waals surface area contributed by atoms with Gasteiger partial charge < -0.3 is 10.2 Å². The predicted octanol–water partition coefficient (Wildman–Crippen LogP) is 1.90. The molecular weight excluding hydrogens is 301 g/mol. The Morgan fingerprint density at radius 1 is 1.26 bits per heavy atom. The van der Waals surface area contributed by atoms with Crippen LogP contribution in [0, 0.1) is 5.82 Å². The molecule has 1 N–H and O–H groups in total. The highest BCUT2D eigenvalue weighted by Gasteiger charge is 2.38. The average molecular weight is 321 g/mol. The predicted molar refractivity (Wildman–Crippen MR) is 83.4 cm³/mol. The van der Waals surface area contributed by atoms with Crippen molar-refractivity contribution in [3.8, 4) is 0 Å². The topological polar surface area (TPSA) is 69.7 Å². The third kappa shape index (κ3) is 3.67. The molecule has 4 amide bonds. The number of carbonyl (C=O) groups excluding carboxylic acids is 3. The Morgan fingerprint density at radius 2 is 1.91 bits per heavy atom. The number of rotatable bonds is 6. The molecule has 1 aliphatic heterocycles. The molecule has 1 saturated heterocycles. The van der Waals surface area contributed by atoms with Crippen molar-refractivity contribution in [2.45, 2.75) is 32.7 Å². The van der Waals surface area contributed by atoms with Gasteiger partial charge in [-0.3, -0.25) is 14.5 Å². The van der Waals surface area contributed by atoms with Crippen LogP contribution in [0.2, 0.25) is 0 Å². The standard InChI is InChI=1S/C16H20FN3O3/c1-3-5-13-15(22)20(16(23)18-13)10-14(21)19(4-2)12-8-6-11(17)7-9-12/h6-9,13H,3-5,10H2,1-2H3,(H,18,23)/t13-/m0/s1. The SMILES string of the molecule is CCC[C@@H]1NC(=O)N(CC(=O)N(CC)c2ccc(F)cc2)C1=O. The zero-order chi connectivity index (χ0) is 17.0. The first-order chi connectivity index (χ1) is 11.0. The molecule has 1 heterocycles. The molecule has 124 valence electrons. The second kappa shape index (κ2) is 7.21. The number of imide groups is 1. The number of urea groups is 1. The number of benzene rings is 1. The molecule has 1 aromatic carbocycles. The molecule has 0 aromatic heterocycles. The molecule has 1 aliphatic rings. The number of carbonyl (C=O) groups is 3. The molecule has 7 heteroatoms. The molecule has 0 bridgehead atoms.